The van der Waals surface area contributed by atoms with Crippen LogP contribution < -0.4 is 11.5 Å². The number of rotatable bonds is 8. The molecule has 3 aromatic rings. The van der Waals surface area contributed by atoms with Crippen molar-refractivity contribution in [3.05, 3.63) is 118 Å². The minimum Gasteiger partial charge on any atom is -0.478 e. The van der Waals surface area contributed by atoms with Gasteiger partial charge < -0.3 is 26.4 Å². The number of hydrogen-bond donors (Lipinski definition) is 3. The van der Waals surface area contributed by atoms with Crippen LogP contribution in [0.25, 0.3) is 0 Å². The SMILES string of the molecule is CN(C(=O)c1cc(C(F)(F)F)cc(C(F)(F)F)c1)C(C=CC(=O)O)Cc1ccc(Cl)cc1.NC(=O)N1CCC(C(N)=O)(c2ccccc2)CC1. The van der Waals surface area contributed by atoms with E-state index in [1.54, 1.807) is 29.2 Å². The van der Waals surface area contributed by atoms with Gasteiger partial charge in [-0.1, -0.05) is 60.1 Å². The summed E-state index contributed by atoms with van der Waals surface area (Å²) in [5.41, 5.74) is 7.59. The van der Waals surface area contributed by atoms with E-state index in [4.69, 9.17) is 28.2 Å². The van der Waals surface area contributed by atoms with Gasteiger partial charge in [-0.25, -0.2) is 9.59 Å². The Kier molecular flexibility index (Phi) is 12.7. The second-order valence-corrected chi connectivity index (χ2v) is 11.9. The van der Waals surface area contributed by atoms with Gasteiger partial charge in [0.2, 0.25) is 5.91 Å². The van der Waals surface area contributed by atoms with Crippen molar-refractivity contribution in [1.82, 2.24) is 9.80 Å². The number of benzene rings is 3. The van der Waals surface area contributed by atoms with Crippen LogP contribution in [0.4, 0.5) is 31.1 Å². The molecule has 0 spiro atoms. The van der Waals surface area contributed by atoms with Gasteiger partial charge in [-0.05, 0) is 60.7 Å². The van der Waals surface area contributed by atoms with Gasteiger partial charge in [-0.15, -0.1) is 0 Å². The lowest BCUT2D eigenvalue weighted by atomic mass is 9.72. The van der Waals surface area contributed by atoms with Crippen LogP contribution in [0.2, 0.25) is 5.02 Å². The van der Waals surface area contributed by atoms with E-state index >= 15 is 0 Å². The van der Waals surface area contributed by atoms with Crippen molar-refractivity contribution < 1.29 is 50.6 Å². The van der Waals surface area contributed by atoms with Crippen LogP contribution in [-0.2, 0) is 33.8 Å². The Morgan fingerprint density at radius 1 is 0.900 bits per heavy atom. The highest BCUT2D eigenvalue weighted by atomic mass is 35.5. The monoisotopic (exact) mass is 726 g/mol. The summed E-state index contributed by atoms with van der Waals surface area (Å²) >= 11 is 5.81. The first-order valence-corrected chi connectivity index (χ1v) is 15.2. The Balaban J connectivity index is 0.000000316. The molecular formula is C34H33ClF6N4O5. The Bertz CT molecular complexity index is 1680. The van der Waals surface area contributed by atoms with E-state index in [1.807, 2.05) is 30.3 Å². The van der Waals surface area contributed by atoms with Crippen molar-refractivity contribution in [1.29, 1.82) is 0 Å². The number of nitrogens with zero attached hydrogens (tertiary/aromatic N) is 2. The maximum atomic E-state index is 13.1. The fourth-order valence-corrected chi connectivity index (χ4v) is 5.49. The Morgan fingerprint density at radius 3 is 1.86 bits per heavy atom. The molecule has 16 heteroatoms. The normalized spacial score (nSPS) is 15.1. The van der Waals surface area contributed by atoms with Gasteiger partial charge in [0.25, 0.3) is 5.91 Å². The van der Waals surface area contributed by atoms with Crippen LogP contribution in [0.15, 0.2) is 84.9 Å². The maximum absolute atomic E-state index is 13.1. The second-order valence-electron chi connectivity index (χ2n) is 11.4. The number of carboxylic acids is 1. The molecule has 4 amide bonds. The third-order valence-corrected chi connectivity index (χ3v) is 8.45. The van der Waals surface area contributed by atoms with E-state index in [9.17, 15) is 45.5 Å². The van der Waals surface area contributed by atoms with Gasteiger partial charge in [0.1, 0.15) is 0 Å². The fraction of sp³-hybridized carbons (Fsp3) is 0.294. The summed E-state index contributed by atoms with van der Waals surface area (Å²) in [4.78, 5) is 49.1. The number of piperidine rings is 1. The average molecular weight is 727 g/mol. The summed E-state index contributed by atoms with van der Waals surface area (Å²) in [6, 6.07) is 14.9. The third kappa shape index (κ3) is 10.2. The van der Waals surface area contributed by atoms with Crippen LogP contribution in [0.1, 0.15) is 45.5 Å². The van der Waals surface area contributed by atoms with Gasteiger partial charge >= 0.3 is 24.4 Å². The average Bonchev–Trinajstić information content (AvgIpc) is 3.06. The molecule has 3 aromatic carbocycles. The van der Waals surface area contributed by atoms with Gasteiger partial charge in [-0.3, -0.25) is 9.59 Å². The number of halogens is 7. The summed E-state index contributed by atoms with van der Waals surface area (Å²) in [5, 5.41) is 9.31. The molecule has 1 aliphatic rings. The van der Waals surface area contributed by atoms with Crippen molar-refractivity contribution in [2.45, 2.75) is 43.1 Å². The quantitative estimate of drug-likeness (QED) is 0.185. The zero-order valence-electron chi connectivity index (χ0n) is 26.5. The smallest absolute Gasteiger partial charge is 0.416 e. The minimum absolute atomic E-state index is 0.0360. The first-order valence-electron chi connectivity index (χ1n) is 14.9. The number of amides is 4. The van der Waals surface area contributed by atoms with Crippen LogP contribution in [0.5, 0.6) is 0 Å². The number of nitrogens with two attached hydrogens (primary N) is 2. The number of carbonyl (C=O) groups is 4. The molecule has 268 valence electrons. The number of aliphatic carboxylic acids is 1. The number of urea groups is 1. The van der Waals surface area contributed by atoms with Gasteiger partial charge in [0, 0.05) is 36.8 Å². The fourth-order valence-electron chi connectivity index (χ4n) is 5.37. The lowest BCUT2D eigenvalue weighted by molar-refractivity contribution is -0.143. The molecule has 0 aromatic heterocycles. The number of hydrogen-bond acceptors (Lipinski definition) is 4. The van der Waals surface area contributed by atoms with Crippen molar-refractivity contribution in [2.75, 3.05) is 20.1 Å². The molecule has 0 saturated carbocycles. The predicted molar refractivity (Wildman–Crippen MR) is 172 cm³/mol. The van der Waals surface area contributed by atoms with Crippen molar-refractivity contribution in [3.63, 3.8) is 0 Å². The molecule has 0 bridgehead atoms. The van der Waals surface area contributed by atoms with Crippen LogP contribution >= 0.6 is 11.6 Å². The zero-order chi connectivity index (χ0) is 37.4. The largest absolute Gasteiger partial charge is 0.478 e. The standard InChI is InChI=1S/C21H16ClF6NO3.C13H17N3O2/c1-29(17(6-7-18(30)31)8-12-2-4-16(22)5-3-12)19(32)13-9-14(20(23,24)25)11-15(10-13)21(26,27)28;14-11(17)13(10-4-2-1-3-5-10)6-8-16(9-7-13)12(15)18/h2-7,9-11,17H,8H2,1H3,(H,30,31);1-5H,6-9H2,(H2,14,17)(H2,15,18). The minimum atomic E-state index is -5.11. The van der Waals surface area contributed by atoms with Gasteiger partial charge in [-0.2, -0.15) is 26.3 Å². The molecule has 1 aliphatic heterocycles. The van der Waals surface area contributed by atoms with E-state index in [-0.39, 0.29) is 18.4 Å². The molecule has 1 saturated heterocycles. The highest BCUT2D eigenvalue weighted by Crippen LogP contribution is 2.37. The topological polar surface area (TPSA) is 147 Å². The molecular weight excluding hydrogens is 694 g/mol. The third-order valence-electron chi connectivity index (χ3n) is 8.20. The highest BCUT2D eigenvalue weighted by molar-refractivity contribution is 6.30. The molecule has 1 fully saturated rings. The van der Waals surface area contributed by atoms with E-state index in [0.29, 0.717) is 48.6 Å². The molecule has 50 heavy (non-hydrogen) atoms. The summed E-state index contributed by atoms with van der Waals surface area (Å²) in [6.45, 7) is 0.931. The molecule has 1 atom stereocenters. The second kappa shape index (κ2) is 16.1. The highest BCUT2D eigenvalue weighted by Gasteiger charge is 2.42. The maximum Gasteiger partial charge on any atom is 0.416 e. The molecule has 1 heterocycles. The van der Waals surface area contributed by atoms with Crippen molar-refractivity contribution >= 4 is 35.4 Å². The van der Waals surface area contributed by atoms with Crippen LogP contribution in [0, 0.1) is 0 Å². The lowest BCUT2D eigenvalue weighted by Crippen LogP contribution is -2.52. The van der Waals surface area contributed by atoms with E-state index in [2.05, 4.69) is 0 Å². The van der Waals surface area contributed by atoms with E-state index < -0.39 is 58.4 Å². The van der Waals surface area contributed by atoms with Crippen LogP contribution in [-0.4, -0.2) is 64.9 Å². The first kappa shape index (κ1) is 39.4. The number of carbonyl (C=O) groups excluding carboxylic acids is 3. The number of carboxylic acid groups (broad SMARTS) is 1. The Morgan fingerprint density at radius 2 is 1.42 bits per heavy atom. The molecule has 0 radical (unpaired) electrons. The lowest BCUT2D eigenvalue weighted by Gasteiger charge is -2.39. The predicted octanol–water partition coefficient (Wildman–Crippen LogP) is 6.29. The number of alkyl halides is 6. The summed E-state index contributed by atoms with van der Waals surface area (Å²) in [5.74, 6) is -2.82. The number of likely N-dealkylation sites (N-methyl/N-ethyl adjacent to an activating group) is 1. The molecule has 1 unspecified atom stereocenters. The van der Waals surface area contributed by atoms with Crippen LogP contribution in [0.3, 0.4) is 0 Å². The summed E-state index contributed by atoms with van der Waals surface area (Å²) in [7, 11) is 1.16. The van der Waals surface area contributed by atoms with Crippen molar-refractivity contribution in [3.8, 4) is 0 Å². The Hall–Kier alpha value is -5.05. The van der Waals surface area contributed by atoms with Crippen molar-refractivity contribution in [2.24, 2.45) is 11.5 Å². The molecule has 4 rings (SSSR count). The summed E-state index contributed by atoms with van der Waals surface area (Å²) < 4.78 is 78.7. The van der Waals surface area contributed by atoms with E-state index in [0.717, 1.165) is 29.7 Å². The molecule has 0 aliphatic carbocycles. The van der Waals surface area contributed by atoms with Gasteiger partial charge in [0.15, 0.2) is 0 Å². The first-order chi connectivity index (χ1) is 23.2. The summed E-state index contributed by atoms with van der Waals surface area (Å²) in [6.07, 6.45) is -7.29. The Labute approximate surface area is 288 Å². The molecule has 5 N–H and O–H groups in total. The van der Waals surface area contributed by atoms with Gasteiger partial charge in [0.05, 0.1) is 22.6 Å². The van der Waals surface area contributed by atoms with E-state index in [1.165, 1.54) is 0 Å². The number of primary amides is 2. The molecule has 9 nitrogen and oxygen atoms in total. The number of likely N-dealkylation sites (tertiary alicyclic amines) is 1. The zero-order valence-corrected chi connectivity index (χ0v) is 27.2.